The monoisotopic (exact) mass is 541 g/mol. The summed E-state index contributed by atoms with van der Waals surface area (Å²) in [5.41, 5.74) is 1.45. The Balaban J connectivity index is 1.47. The first-order chi connectivity index (χ1) is 17.9. The number of non-ortho nitro benzene ring substituents is 1. The Morgan fingerprint density at radius 2 is 1.89 bits per heavy atom. The summed E-state index contributed by atoms with van der Waals surface area (Å²) in [4.78, 5) is 38.7. The van der Waals surface area contributed by atoms with E-state index in [2.05, 4.69) is 16.0 Å². The van der Waals surface area contributed by atoms with Gasteiger partial charge in [-0.1, -0.05) is 6.07 Å². The molecule has 0 aliphatic carbocycles. The second-order valence-electron chi connectivity index (χ2n) is 7.81. The fourth-order valence-electron chi connectivity index (χ4n) is 3.70. The highest BCUT2D eigenvalue weighted by Gasteiger charge is 2.23. The van der Waals surface area contributed by atoms with E-state index >= 15 is 0 Å². The zero-order chi connectivity index (χ0) is 26.4. The smallest absolute Gasteiger partial charge is 0.270 e. The molecule has 1 aromatic heterocycles. The largest absolute Gasteiger partial charge is 0.494 e. The zero-order valence-corrected chi connectivity index (χ0v) is 21.3. The summed E-state index contributed by atoms with van der Waals surface area (Å²) in [5.74, 6) is -0.461. The number of ether oxygens (including phenoxy) is 2. The number of thiocarbonyl (C=S) groups is 1. The number of rotatable bonds is 7. The third-order valence-corrected chi connectivity index (χ3v) is 6.54. The molecular formula is C24H23N5O6S2. The number of nitro groups is 1. The third-order valence-electron chi connectivity index (χ3n) is 5.47. The molecule has 0 radical (unpaired) electrons. The lowest BCUT2D eigenvalue weighted by atomic mass is 10.1. The Labute approximate surface area is 221 Å². The van der Waals surface area contributed by atoms with Crippen LogP contribution in [0.15, 0.2) is 53.9 Å². The Morgan fingerprint density at radius 3 is 2.57 bits per heavy atom. The molecule has 37 heavy (non-hydrogen) atoms. The number of hydrogen-bond donors (Lipinski definition) is 3. The van der Waals surface area contributed by atoms with Gasteiger partial charge in [-0.25, -0.2) is 0 Å². The number of anilines is 3. The van der Waals surface area contributed by atoms with Gasteiger partial charge < -0.3 is 25.0 Å². The van der Waals surface area contributed by atoms with Gasteiger partial charge in [0.2, 0.25) is 0 Å². The Hall–Kier alpha value is -4.07. The van der Waals surface area contributed by atoms with Gasteiger partial charge in [0.25, 0.3) is 17.5 Å². The minimum atomic E-state index is -0.588. The van der Waals surface area contributed by atoms with E-state index in [1.54, 1.807) is 36.4 Å². The molecule has 1 fully saturated rings. The number of nitro benzene ring substituents is 1. The minimum absolute atomic E-state index is 0.0122. The lowest BCUT2D eigenvalue weighted by Gasteiger charge is -2.30. The van der Waals surface area contributed by atoms with E-state index in [-0.39, 0.29) is 22.3 Å². The SMILES string of the molecule is COc1cc(NC(=S)NC(=O)c2cc([N+](=O)[O-])ccc2N2CCOCC2)ccc1NC(=O)c1cccs1. The fraction of sp³-hybridized carbons (Fsp3) is 0.208. The molecule has 0 bridgehead atoms. The maximum atomic E-state index is 13.1. The van der Waals surface area contributed by atoms with Crippen molar-refractivity contribution in [3.8, 4) is 5.75 Å². The summed E-state index contributed by atoms with van der Waals surface area (Å²) in [5, 5.41) is 21.4. The van der Waals surface area contributed by atoms with Crippen molar-refractivity contribution >= 4 is 63.2 Å². The van der Waals surface area contributed by atoms with Crippen molar-refractivity contribution in [2.24, 2.45) is 0 Å². The lowest BCUT2D eigenvalue weighted by molar-refractivity contribution is -0.384. The van der Waals surface area contributed by atoms with Gasteiger partial charge >= 0.3 is 0 Å². The number of amides is 2. The number of hydrogen-bond acceptors (Lipinski definition) is 9. The maximum Gasteiger partial charge on any atom is 0.270 e. The van der Waals surface area contributed by atoms with Crippen LogP contribution in [0.4, 0.5) is 22.7 Å². The van der Waals surface area contributed by atoms with Crippen LogP contribution in [-0.2, 0) is 4.74 Å². The van der Waals surface area contributed by atoms with E-state index in [4.69, 9.17) is 21.7 Å². The first-order valence-electron chi connectivity index (χ1n) is 11.1. The summed E-state index contributed by atoms with van der Waals surface area (Å²) in [7, 11) is 1.47. The second-order valence-corrected chi connectivity index (χ2v) is 9.17. The van der Waals surface area contributed by atoms with Crippen LogP contribution in [0, 0.1) is 10.1 Å². The average molecular weight is 542 g/mol. The molecule has 2 aromatic carbocycles. The van der Waals surface area contributed by atoms with Crippen LogP contribution < -0.4 is 25.6 Å². The van der Waals surface area contributed by atoms with Gasteiger partial charge in [-0.2, -0.15) is 0 Å². The Morgan fingerprint density at radius 1 is 1.11 bits per heavy atom. The number of nitrogens with zero attached hydrogens (tertiary/aromatic N) is 2. The van der Waals surface area contributed by atoms with Crippen LogP contribution >= 0.6 is 23.6 Å². The summed E-state index contributed by atoms with van der Waals surface area (Å²) < 4.78 is 10.8. The predicted molar refractivity (Wildman–Crippen MR) is 145 cm³/mol. The van der Waals surface area contributed by atoms with E-state index in [1.807, 2.05) is 10.3 Å². The van der Waals surface area contributed by atoms with E-state index in [9.17, 15) is 19.7 Å². The highest BCUT2D eigenvalue weighted by atomic mass is 32.1. The first kappa shape index (κ1) is 26.0. The van der Waals surface area contributed by atoms with Crippen LogP contribution in [-0.4, -0.2) is 55.3 Å². The van der Waals surface area contributed by atoms with Gasteiger partial charge in [-0.05, 0) is 41.9 Å². The molecule has 192 valence electrons. The highest BCUT2D eigenvalue weighted by Crippen LogP contribution is 2.29. The molecule has 13 heteroatoms. The number of methoxy groups -OCH3 is 1. The van der Waals surface area contributed by atoms with E-state index in [0.717, 1.165) is 0 Å². The van der Waals surface area contributed by atoms with Crippen LogP contribution in [0.25, 0.3) is 0 Å². The second kappa shape index (κ2) is 11.8. The average Bonchev–Trinajstić information content (AvgIpc) is 3.45. The maximum absolute atomic E-state index is 13.1. The topological polar surface area (TPSA) is 135 Å². The molecule has 3 N–H and O–H groups in total. The van der Waals surface area contributed by atoms with Crippen LogP contribution in [0.3, 0.4) is 0 Å². The third kappa shape index (κ3) is 6.39. The molecule has 1 aliphatic heterocycles. The molecule has 1 saturated heterocycles. The highest BCUT2D eigenvalue weighted by molar-refractivity contribution is 7.80. The van der Waals surface area contributed by atoms with Gasteiger partial charge in [-0.15, -0.1) is 11.3 Å². The number of benzene rings is 2. The fourth-order valence-corrected chi connectivity index (χ4v) is 4.53. The molecule has 3 aromatic rings. The van der Waals surface area contributed by atoms with Crippen LogP contribution in [0.1, 0.15) is 20.0 Å². The summed E-state index contributed by atoms with van der Waals surface area (Å²) in [6, 6.07) is 12.6. The zero-order valence-electron chi connectivity index (χ0n) is 19.7. The molecule has 0 saturated carbocycles. The van der Waals surface area contributed by atoms with Gasteiger partial charge in [0, 0.05) is 37.0 Å². The molecular weight excluding hydrogens is 518 g/mol. The Bertz CT molecular complexity index is 1330. The van der Waals surface area contributed by atoms with Crippen molar-refractivity contribution < 1.29 is 24.0 Å². The number of morpholine rings is 1. The summed E-state index contributed by atoms with van der Waals surface area (Å²) >= 11 is 6.64. The van der Waals surface area contributed by atoms with Crippen molar-refractivity contribution in [3.05, 3.63) is 74.5 Å². The molecule has 2 heterocycles. The first-order valence-corrected chi connectivity index (χ1v) is 12.4. The van der Waals surface area contributed by atoms with Gasteiger partial charge in [0.05, 0.1) is 47.1 Å². The lowest BCUT2D eigenvalue weighted by Crippen LogP contribution is -2.39. The van der Waals surface area contributed by atoms with Gasteiger partial charge in [0.1, 0.15) is 5.75 Å². The van der Waals surface area contributed by atoms with E-state index < -0.39 is 10.8 Å². The molecule has 0 unspecified atom stereocenters. The molecule has 0 spiro atoms. The molecule has 4 rings (SSSR count). The van der Waals surface area contributed by atoms with Gasteiger partial charge in [-0.3, -0.25) is 25.0 Å². The quantitative estimate of drug-likeness (QED) is 0.231. The predicted octanol–water partition coefficient (Wildman–Crippen LogP) is 3.88. The molecule has 11 nitrogen and oxygen atoms in total. The van der Waals surface area contributed by atoms with Crippen molar-refractivity contribution in [2.45, 2.75) is 0 Å². The number of carbonyl (C=O) groups is 2. The molecule has 0 atom stereocenters. The number of carbonyl (C=O) groups excluding carboxylic acids is 2. The molecule has 2 amide bonds. The number of nitrogens with one attached hydrogen (secondary N) is 3. The number of thiophene rings is 1. The standard InChI is InChI=1S/C24H23N5O6S2/c1-34-20-13-15(4-6-18(20)26-23(31)21-3-2-12-37-21)25-24(36)27-22(30)17-14-16(29(32)33)5-7-19(17)28-8-10-35-11-9-28/h2-7,12-14H,8-11H2,1H3,(H,26,31)(H2,25,27,30,36). The van der Waals surface area contributed by atoms with E-state index in [1.165, 1.54) is 30.6 Å². The van der Waals surface area contributed by atoms with Crippen molar-refractivity contribution in [3.63, 3.8) is 0 Å². The van der Waals surface area contributed by atoms with Crippen molar-refractivity contribution in [1.82, 2.24) is 5.32 Å². The summed E-state index contributed by atoms with van der Waals surface area (Å²) in [6.07, 6.45) is 0. The van der Waals surface area contributed by atoms with Crippen LogP contribution in [0.2, 0.25) is 0 Å². The summed E-state index contributed by atoms with van der Waals surface area (Å²) in [6.45, 7) is 2.08. The van der Waals surface area contributed by atoms with E-state index in [0.29, 0.717) is 54.0 Å². The van der Waals surface area contributed by atoms with Crippen molar-refractivity contribution in [2.75, 3.05) is 48.9 Å². The molecule has 1 aliphatic rings. The van der Waals surface area contributed by atoms with Crippen molar-refractivity contribution in [1.29, 1.82) is 0 Å². The van der Waals surface area contributed by atoms with Gasteiger partial charge in [0.15, 0.2) is 5.11 Å². The van der Waals surface area contributed by atoms with Crippen LogP contribution in [0.5, 0.6) is 5.75 Å². The Kier molecular flexibility index (Phi) is 8.28. The normalized spacial score (nSPS) is 12.9. The minimum Gasteiger partial charge on any atom is -0.494 e.